The van der Waals surface area contributed by atoms with Gasteiger partial charge in [0.05, 0.1) is 27.4 Å². The summed E-state index contributed by atoms with van der Waals surface area (Å²) in [4.78, 5) is 2.34. The lowest BCUT2D eigenvalue weighted by molar-refractivity contribution is -0.00306. The van der Waals surface area contributed by atoms with E-state index in [9.17, 15) is 0 Å². The highest BCUT2D eigenvalue weighted by Gasteiger charge is 2.22. The maximum absolute atomic E-state index is 5.98. The average molecular weight is 286 g/mol. The number of hydrogen-bond acceptors (Lipinski definition) is 4. The van der Waals surface area contributed by atoms with Gasteiger partial charge in [-0.25, -0.2) is 0 Å². The monoisotopic (exact) mass is 285 g/mol. The van der Waals surface area contributed by atoms with Crippen molar-refractivity contribution in [2.75, 3.05) is 39.9 Å². The molecule has 0 N–H and O–H groups in total. The van der Waals surface area contributed by atoms with Crippen LogP contribution in [-0.2, 0) is 11.3 Å². The van der Waals surface area contributed by atoms with Crippen molar-refractivity contribution in [1.82, 2.24) is 4.90 Å². The van der Waals surface area contributed by atoms with Gasteiger partial charge in [0.2, 0.25) is 0 Å². The fraction of sp³-hybridized carbons (Fsp3) is 0.571. The molecule has 1 saturated heterocycles. The van der Waals surface area contributed by atoms with Crippen LogP contribution in [0.3, 0.4) is 0 Å². The van der Waals surface area contributed by atoms with Crippen molar-refractivity contribution in [3.63, 3.8) is 0 Å². The fourth-order valence-corrected chi connectivity index (χ4v) is 2.54. The van der Waals surface area contributed by atoms with E-state index < -0.39 is 0 Å². The van der Waals surface area contributed by atoms with E-state index >= 15 is 0 Å². The topological polar surface area (TPSA) is 30.9 Å². The Kier molecular flexibility index (Phi) is 5.31. The van der Waals surface area contributed by atoms with Crippen LogP contribution >= 0.6 is 11.6 Å². The quantitative estimate of drug-likeness (QED) is 0.776. The van der Waals surface area contributed by atoms with Crippen LogP contribution in [0.4, 0.5) is 0 Å². The standard InChI is InChI=1S/C14H20ClNO3/c1-17-13-4-3-11(7-14(13)18-2)9-16-5-6-19-10-12(16)8-15/h3-4,7,12H,5-6,8-10H2,1-2H3. The fourth-order valence-electron chi connectivity index (χ4n) is 2.25. The Hall–Kier alpha value is -0.970. The van der Waals surface area contributed by atoms with Crippen molar-refractivity contribution < 1.29 is 14.2 Å². The van der Waals surface area contributed by atoms with Crippen molar-refractivity contribution in [2.45, 2.75) is 12.6 Å². The minimum absolute atomic E-state index is 0.281. The van der Waals surface area contributed by atoms with Gasteiger partial charge in [-0.05, 0) is 17.7 Å². The smallest absolute Gasteiger partial charge is 0.161 e. The van der Waals surface area contributed by atoms with Crippen LogP contribution in [0.5, 0.6) is 11.5 Å². The van der Waals surface area contributed by atoms with E-state index in [2.05, 4.69) is 11.0 Å². The Labute approximate surface area is 119 Å². The van der Waals surface area contributed by atoms with Gasteiger partial charge in [0.15, 0.2) is 11.5 Å². The molecule has 106 valence electrons. The molecular formula is C14H20ClNO3. The number of alkyl halides is 1. The lowest BCUT2D eigenvalue weighted by Crippen LogP contribution is -2.45. The highest BCUT2D eigenvalue weighted by atomic mass is 35.5. The second kappa shape index (κ2) is 6.98. The molecule has 1 aromatic carbocycles. The molecule has 0 aromatic heterocycles. The summed E-state index contributed by atoms with van der Waals surface area (Å²) in [6.07, 6.45) is 0. The number of morpholine rings is 1. The van der Waals surface area contributed by atoms with Crippen LogP contribution in [0.2, 0.25) is 0 Å². The van der Waals surface area contributed by atoms with E-state index in [4.69, 9.17) is 25.8 Å². The molecule has 5 heteroatoms. The van der Waals surface area contributed by atoms with Crippen LogP contribution in [0, 0.1) is 0 Å². The Bertz CT molecular complexity index is 414. The SMILES string of the molecule is COc1ccc(CN2CCOCC2CCl)cc1OC. The van der Waals surface area contributed by atoms with Crippen LogP contribution in [0.25, 0.3) is 0 Å². The summed E-state index contributed by atoms with van der Waals surface area (Å²) >= 11 is 5.98. The van der Waals surface area contributed by atoms with E-state index in [1.165, 1.54) is 5.56 Å². The van der Waals surface area contributed by atoms with E-state index in [0.717, 1.165) is 31.2 Å². The van der Waals surface area contributed by atoms with Crippen LogP contribution in [0.1, 0.15) is 5.56 Å². The van der Waals surface area contributed by atoms with Gasteiger partial charge in [-0.3, -0.25) is 4.90 Å². The third-order valence-electron chi connectivity index (χ3n) is 3.36. The normalized spacial score (nSPS) is 20.3. The van der Waals surface area contributed by atoms with Gasteiger partial charge < -0.3 is 14.2 Å². The summed E-state index contributed by atoms with van der Waals surface area (Å²) in [6.45, 7) is 3.23. The lowest BCUT2D eigenvalue weighted by Gasteiger charge is -2.34. The molecule has 0 saturated carbocycles. The first-order chi connectivity index (χ1) is 9.28. The molecule has 19 heavy (non-hydrogen) atoms. The summed E-state index contributed by atoms with van der Waals surface area (Å²) in [6, 6.07) is 6.29. The Morgan fingerprint density at radius 1 is 1.32 bits per heavy atom. The molecule has 0 spiro atoms. The molecule has 1 heterocycles. The number of ether oxygens (including phenoxy) is 3. The van der Waals surface area contributed by atoms with Gasteiger partial charge in [0, 0.05) is 25.0 Å². The van der Waals surface area contributed by atoms with Crippen LogP contribution in [0.15, 0.2) is 18.2 Å². The zero-order valence-corrected chi connectivity index (χ0v) is 12.2. The molecule has 1 aliphatic rings. The molecular weight excluding hydrogens is 266 g/mol. The predicted octanol–water partition coefficient (Wildman–Crippen LogP) is 2.14. The van der Waals surface area contributed by atoms with E-state index in [1.807, 2.05) is 12.1 Å². The third kappa shape index (κ3) is 3.53. The number of rotatable bonds is 5. The Morgan fingerprint density at radius 2 is 2.11 bits per heavy atom. The summed E-state index contributed by atoms with van der Waals surface area (Å²) in [5.74, 6) is 2.10. The second-order valence-electron chi connectivity index (χ2n) is 4.54. The molecule has 1 aromatic rings. The Balaban J connectivity index is 2.09. The zero-order valence-electron chi connectivity index (χ0n) is 11.4. The van der Waals surface area contributed by atoms with Gasteiger partial charge in [0.1, 0.15) is 0 Å². The van der Waals surface area contributed by atoms with E-state index in [1.54, 1.807) is 14.2 Å². The average Bonchev–Trinajstić information content (AvgIpc) is 2.47. The molecule has 2 rings (SSSR count). The molecule has 1 aliphatic heterocycles. The molecule has 1 unspecified atom stereocenters. The molecule has 0 amide bonds. The molecule has 0 bridgehead atoms. The molecule has 1 atom stereocenters. The number of halogens is 1. The number of nitrogens with zero attached hydrogens (tertiary/aromatic N) is 1. The van der Waals surface area contributed by atoms with Crippen molar-refractivity contribution in [3.8, 4) is 11.5 Å². The molecule has 0 radical (unpaired) electrons. The predicted molar refractivity (Wildman–Crippen MR) is 75.3 cm³/mol. The van der Waals surface area contributed by atoms with Crippen LogP contribution < -0.4 is 9.47 Å². The summed E-state index contributed by atoms with van der Waals surface area (Å²) in [7, 11) is 3.29. The number of benzene rings is 1. The summed E-state index contributed by atoms with van der Waals surface area (Å²) < 4.78 is 16.0. The first-order valence-electron chi connectivity index (χ1n) is 6.37. The van der Waals surface area contributed by atoms with Crippen LogP contribution in [-0.4, -0.2) is 50.8 Å². The first kappa shape index (κ1) is 14.4. The lowest BCUT2D eigenvalue weighted by atomic mass is 10.1. The Morgan fingerprint density at radius 3 is 2.79 bits per heavy atom. The van der Waals surface area contributed by atoms with Gasteiger partial charge in [-0.2, -0.15) is 0 Å². The minimum atomic E-state index is 0.281. The van der Waals surface area contributed by atoms with Gasteiger partial charge in [0.25, 0.3) is 0 Å². The maximum atomic E-state index is 5.98. The zero-order chi connectivity index (χ0) is 13.7. The minimum Gasteiger partial charge on any atom is -0.493 e. The largest absolute Gasteiger partial charge is 0.493 e. The van der Waals surface area contributed by atoms with Crippen molar-refractivity contribution in [2.24, 2.45) is 0 Å². The first-order valence-corrected chi connectivity index (χ1v) is 6.90. The van der Waals surface area contributed by atoms with Gasteiger partial charge in [-0.15, -0.1) is 11.6 Å². The summed E-state index contributed by atoms with van der Waals surface area (Å²) in [5.41, 5.74) is 1.19. The molecule has 4 nitrogen and oxygen atoms in total. The highest BCUT2D eigenvalue weighted by molar-refractivity contribution is 6.18. The highest BCUT2D eigenvalue weighted by Crippen LogP contribution is 2.28. The van der Waals surface area contributed by atoms with E-state index in [-0.39, 0.29) is 6.04 Å². The van der Waals surface area contributed by atoms with Gasteiger partial charge in [-0.1, -0.05) is 6.07 Å². The number of methoxy groups -OCH3 is 2. The maximum Gasteiger partial charge on any atom is 0.161 e. The van der Waals surface area contributed by atoms with Crippen molar-refractivity contribution >= 4 is 11.6 Å². The summed E-state index contributed by atoms with van der Waals surface area (Å²) in [5, 5.41) is 0. The molecule has 1 fully saturated rings. The second-order valence-corrected chi connectivity index (χ2v) is 4.85. The van der Waals surface area contributed by atoms with E-state index in [0.29, 0.717) is 12.5 Å². The van der Waals surface area contributed by atoms with Crippen molar-refractivity contribution in [1.29, 1.82) is 0 Å². The third-order valence-corrected chi connectivity index (χ3v) is 3.72. The number of hydrogen-bond donors (Lipinski definition) is 0. The molecule has 0 aliphatic carbocycles. The van der Waals surface area contributed by atoms with Crippen molar-refractivity contribution in [3.05, 3.63) is 23.8 Å². The van der Waals surface area contributed by atoms with Gasteiger partial charge >= 0.3 is 0 Å².